The lowest BCUT2D eigenvalue weighted by atomic mass is 10.1. The Morgan fingerprint density at radius 3 is 2.59 bits per heavy atom. The predicted molar refractivity (Wildman–Crippen MR) is 75.3 cm³/mol. The first-order valence-electron chi connectivity index (χ1n) is 6.60. The maximum absolute atomic E-state index is 13.0. The van der Waals surface area contributed by atoms with Gasteiger partial charge in [0.2, 0.25) is 5.95 Å². The van der Waals surface area contributed by atoms with Gasteiger partial charge < -0.3 is 10.3 Å². The number of aromatic amines is 1. The molecule has 0 atom stereocenters. The van der Waals surface area contributed by atoms with Crippen LogP contribution in [0.1, 0.15) is 11.3 Å². The fourth-order valence-electron chi connectivity index (χ4n) is 2.08. The summed E-state index contributed by atoms with van der Waals surface area (Å²) in [6.45, 7) is 0.432. The summed E-state index contributed by atoms with van der Waals surface area (Å²) in [5, 5.41) is 2.82. The molecule has 3 rings (SSSR count). The molecule has 0 unspecified atom stereocenters. The van der Waals surface area contributed by atoms with E-state index in [1.54, 1.807) is 0 Å². The minimum atomic E-state index is -4.58. The summed E-state index contributed by atoms with van der Waals surface area (Å²) in [5.41, 5.74) is -0.180. The first kappa shape index (κ1) is 14.3. The molecule has 0 fully saturated rings. The molecule has 3 aromatic rings. The van der Waals surface area contributed by atoms with E-state index in [-0.39, 0.29) is 17.1 Å². The Morgan fingerprint density at radius 1 is 1.09 bits per heavy atom. The Bertz CT molecular complexity index is 767. The van der Waals surface area contributed by atoms with Gasteiger partial charge >= 0.3 is 6.18 Å². The third-order valence-corrected chi connectivity index (χ3v) is 3.09. The van der Waals surface area contributed by atoms with Crippen molar-refractivity contribution in [2.75, 3.05) is 11.9 Å². The van der Waals surface area contributed by atoms with Crippen LogP contribution in [0.2, 0.25) is 0 Å². The van der Waals surface area contributed by atoms with E-state index in [0.29, 0.717) is 13.0 Å². The van der Waals surface area contributed by atoms with Crippen LogP contribution in [0.25, 0.3) is 11.2 Å². The van der Waals surface area contributed by atoms with Gasteiger partial charge in [0.05, 0.1) is 6.33 Å². The fraction of sp³-hybridized carbons (Fsp3) is 0.214. The predicted octanol–water partition coefficient (Wildman–Crippen LogP) is 3.03. The zero-order valence-corrected chi connectivity index (χ0v) is 11.4. The number of H-pyrrole nitrogens is 1. The molecule has 2 N–H and O–H groups in total. The molecule has 0 aliphatic heterocycles. The van der Waals surface area contributed by atoms with Gasteiger partial charge in [-0.1, -0.05) is 30.3 Å². The zero-order chi connectivity index (χ0) is 15.6. The molecule has 0 radical (unpaired) electrons. The van der Waals surface area contributed by atoms with Crippen LogP contribution >= 0.6 is 0 Å². The van der Waals surface area contributed by atoms with Gasteiger partial charge in [0, 0.05) is 6.54 Å². The molecular weight excluding hydrogens is 295 g/mol. The Kier molecular flexibility index (Phi) is 3.66. The summed E-state index contributed by atoms with van der Waals surface area (Å²) in [6.07, 6.45) is -2.75. The number of alkyl halides is 3. The maximum Gasteiger partial charge on any atom is 0.435 e. The quantitative estimate of drug-likeness (QED) is 0.777. The molecule has 5 nitrogen and oxygen atoms in total. The molecule has 22 heavy (non-hydrogen) atoms. The largest absolute Gasteiger partial charge is 0.435 e. The van der Waals surface area contributed by atoms with E-state index in [0.717, 1.165) is 5.56 Å². The number of nitrogens with zero attached hydrogens (tertiary/aromatic N) is 3. The van der Waals surface area contributed by atoms with E-state index < -0.39 is 11.9 Å². The topological polar surface area (TPSA) is 66.5 Å². The molecule has 8 heteroatoms. The van der Waals surface area contributed by atoms with Crippen molar-refractivity contribution < 1.29 is 13.2 Å². The Balaban J connectivity index is 1.79. The number of imidazole rings is 1. The lowest BCUT2D eigenvalue weighted by Gasteiger charge is -2.09. The van der Waals surface area contributed by atoms with Crippen molar-refractivity contribution in [2.24, 2.45) is 0 Å². The van der Waals surface area contributed by atoms with Crippen LogP contribution in [0.4, 0.5) is 19.1 Å². The molecule has 0 bridgehead atoms. The van der Waals surface area contributed by atoms with E-state index in [9.17, 15) is 13.2 Å². The highest BCUT2D eigenvalue weighted by Gasteiger charge is 2.36. The monoisotopic (exact) mass is 307 g/mol. The Hall–Kier alpha value is -2.64. The summed E-state index contributed by atoms with van der Waals surface area (Å²) in [4.78, 5) is 13.8. The van der Waals surface area contributed by atoms with Crippen molar-refractivity contribution in [3.05, 3.63) is 47.9 Å². The second-order valence-electron chi connectivity index (χ2n) is 4.66. The first-order valence-corrected chi connectivity index (χ1v) is 6.60. The molecule has 1 aromatic carbocycles. The van der Waals surface area contributed by atoms with Gasteiger partial charge in [0.25, 0.3) is 0 Å². The highest BCUT2D eigenvalue weighted by molar-refractivity contribution is 5.74. The number of nitrogens with one attached hydrogen (secondary N) is 2. The smallest absolute Gasteiger partial charge is 0.354 e. The average molecular weight is 307 g/mol. The highest BCUT2D eigenvalue weighted by atomic mass is 19.4. The van der Waals surface area contributed by atoms with Crippen molar-refractivity contribution in [1.29, 1.82) is 0 Å². The van der Waals surface area contributed by atoms with Crippen molar-refractivity contribution in [3.63, 3.8) is 0 Å². The van der Waals surface area contributed by atoms with Gasteiger partial charge in [-0.05, 0) is 12.0 Å². The minimum Gasteiger partial charge on any atom is -0.354 e. The molecule has 0 aliphatic rings. The van der Waals surface area contributed by atoms with Gasteiger partial charge in [-0.15, -0.1) is 0 Å². The number of rotatable bonds is 4. The Morgan fingerprint density at radius 2 is 1.86 bits per heavy atom. The number of anilines is 1. The SMILES string of the molecule is FC(F)(F)c1nc(NCCc2ccccc2)nc2[nH]cnc12. The van der Waals surface area contributed by atoms with Crippen molar-refractivity contribution in [3.8, 4) is 0 Å². The molecule has 0 saturated heterocycles. The molecule has 2 heterocycles. The molecule has 2 aromatic heterocycles. The molecule has 114 valence electrons. The van der Waals surface area contributed by atoms with E-state index in [4.69, 9.17) is 0 Å². The minimum absolute atomic E-state index is 0.0598. The van der Waals surface area contributed by atoms with Crippen molar-refractivity contribution in [2.45, 2.75) is 12.6 Å². The first-order chi connectivity index (χ1) is 10.5. The van der Waals surface area contributed by atoms with E-state index in [1.807, 2.05) is 30.3 Å². The van der Waals surface area contributed by atoms with Crippen LogP contribution < -0.4 is 5.32 Å². The summed E-state index contributed by atoms with van der Waals surface area (Å²) in [7, 11) is 0. The lowest BCUT2D eigenvalue weighted by molar-refractivity contribution is -0.139. The molecule has 0 amide bonds. The third-order valence-electron chi connectivity index (χ3n) is 3.09. The number of hydrogen-bond donors (Lipinski definition) is 2. The fourth-order valence-corrected chi connectivity index (χ4v) is 2.08. The normalized spacial score (nSPS) is 11.8. The third kappa shape index (κ3) is 3.00. The summed E-state index contributed by atoms with van der Waals surface area (Å²) in [6, 6.07) is 9.61. The van der Waals surface area contributed by atoms with E-state index >= 15 is 0 Å². The van der Waals surface area contributed by atoms with Crippen molar-refractivity contribution in [1.82, 2.24) is 19.9 Å². The van der Waals surface area contributed by atoms with Crippen LogP contribution in [0, 0.1) is 0 Å². The average Bonchev–Trinajstić information content (AvgIpc) is 2.94. The summed E-state index contributed by atoms with van der Waals surface area (Å²) < 4.78 is 39.0. The Labute approximate surface area is 123 Å². The maximum atomic E-state index is 13.0. The molecule has 0 saturated carbocycles. The summed E-state index contributed by atoms with van der Waals surface area (Å²) >= 11 is 0. The summed E-state index contributed by atoms with van der Waals surface area (Å²) in [5.74, 6) is -0.0694. The van der Waals surface area contributed by atoms with Gasteiger partial charge in [0.1, 0.15) is 5.52 Å². The molecular formula is C14H12F3N5. The number of aromatic nitrogens is 4. The second kappa shape index (κ2) is 5.63. The van der Waals surface area contributed by atoms with Crippen LogP contribution in [-0.2, 0) is 12.6 Å². The van der Waals surface area contributed by atoms with E-state index in [2.05, 4.69) is 25.3 Å². The van der Waals surface area contributed by atoms with Crippen LogP contribution in [0.3, 0.4) is 0 Å². The zero-order valence-electron chi connectivity index (χ0n) is 11.4. The number of hydrogen-bond acceptors (Lipinski definition) is 4. The highest BCUT2D eigenvalue weighted by Crippen LogP contribution is 2.32. The van der Waals surface area contributed by atoms with Crippen LogP contribution in [0.5, 0.6) is 0 Å². The molecule has 0 spiro atoms. The van der Waals surface area contributed by atoms with Crippen LogP contribution in [0.15, 0.2) is 36.7 Å². The lowest BCUT2D eigenvalue weighted by Crippen LogP contribution is -2.14. The van der Waals surface area contributed by atoms with Crippen LogP contribution in [-0.4, -0.2) is 26.5 Å². The van der Waals surface area contributed by atoms with Gasteiger partial charge in [-0.2, -0.15) is 18.2 Å². The number of halogens is 3. The van der Waals surface area contributed by atoms with Crippen molar-refractivity contribution >= 4 is 17.1 Å². The standard InChI is InChI=1S/C14H12F3N5/c15-14(16,17)11-10-12(20-8-19-10)22-13(21-11)18-7-6-9-4-2-1-3-5-9/h1-5,8H,6-7H2,(H2,18,19,20,21,22). The van der Waals surface area contributed by atoms with Gasteiger partial charge in [-0.3, -0.25) is 0 Å². The second-order valence-corrected chi connectivity index (χ2v) is 4.66. The van der Waals surface area contributed by atoms with E-state index in [1.165, 1.54) is 6.33 Å². The van der Waals surface area contributed by atoms with Gasteiger partial charge in [-0.25, -0.2) is 9.97 Å². The van der Waals surface area contributed by atoms with Gasteiger partial charge in [0.15, 0.2) is 11.3 Å². The number of benzene rings is 1. The number of fused-ring (bicyclic) bond motifs is 1. The molecule has 0 aliphatic carbocycles.